The summed E-state index contributed by atoms with van der Waals surface area (Å²) >= 11 is 0. The Morgan fingerprint density at radius 3 is 1.94 bits per heavy atom. The minimum Gasteiger partial charge on any atom is -0.459 e. The number of carbonyl (C=O) groups excluding carboxylic acids is 3. The highest BCUT2D eigenvalue weighted by Gasteiger charge is 2.55. The fourth-order valence-electron chi connectivity index (χ4n) is 13.6. The van der Waals surface area contributed by atoms with Crippen LogP contribution in [-0.4, -0.2) is 175 Å². The van der Waals surface area contributed by atoms with Crippen LogP contribution in [0.5, 0.6) is 0 Å². The van der Waals surface area contributed by atoms with E-state index in [1.807, 2.05) is 46.7 Å². The molecule has 3 aliphatic heterocycles. The van der Waals surface area contributed by atoms with Crippen molar-refractivity contribution in [3.05, 3.63) is 0 Å². The molecule has 18 atom stereocenters. The van der Waals surface area contributed by atoms with Crippen molar-refractivity contribution in [2.24, 2.45) is 34.7 Å². The van der Waals surface area contributed by atoms with Gasteiger partial charge in [-0.3, -0.25) is 9.59 Å². The van der Waals surface area contributed by atoms with E-state index in [0.29, 0.717) is 31.2 Å². The molecule has 3 saturated heterocycles. The molecular weight excluding hydrogens is 1050 g/mol. The predicted octanol–water partition coefficient (Wildman–Crippen LogP) is 11.3. The second-order valence-electron chi connectivity index (χ2n) is 26.3. The van der Waals surface area contributed by atoms with Crippen LogP contribution in [-0.2, 0) is 52.3 Å². The number of esters is 2. The number of likely N-dealkylation sites (N-methyl/N-ethyl adjacent to an activating group) is 1. The lowest BCUT2D eigenvalue weighted by Gasteiger charge is -2.49. The highest BCUT2D eigenvalue weighted by Crippen LogP contribution is 2.42. The molecule has 0 spiro atoms. The van der Waals surface area contributed by atoms with E-state index in [-0.39, 0.29) is 31.4 Å². The number of methoxy groups -OCH3 is 1. The van der Waals surface area contributed by atoms with Gasteiger partial charge >= 0.3 is 18.0 Å². The number of unbranched alkanes of at least 4 members (excludes halogenated alkanes) is 11. The van der Waals surface area contributed by atoms with Crippen molar-refractivity contribution in [3.63, 3.8) is 0 Å². The van der Waals surface area contributed by atoms with Crippen LogP contribution in [0.1, 0.15) is 231 Å². The molecule has 2 unspecified atom stereocenters. The van der Waals surface area contributed by atoms with E-state index >= 15 is 0 Å². The molecule has 0 bridgehead atoms. The summed E-state index contributed by atoms with van der Waals surface area (Å²) in [6.45, 7) is 22.0. The van der Waals surface area contributed by atoms with Crippen LogP contribution in [0.2, 0.25) is 0 Å². The first-order valence-electron chi connectivity index (χ1n) is 32.2. The average Bonchev–Trinajstić information content (AvgIpc) is 3.45. The van der Waals surface area contributed by atoms with Crippen molar-refractivity contribution in [2.45, 2.75) is 315 Å². The molecule has 82 heavy (non-hydrogen) atoms. The fraction of sp³-hybridized carbons (Fsp3) is 0.938. The Kier molecular flexibility index (Phi) is 30.3. The van der Waals surface area contributed by atoms with E-state index in [0.717, 1.165) is 32.1 Å². The molecule has 0 aromatic heterocycles. The zero-order valence-electron chi connectivity index (χ0n) is 54.0. The Hall–Kier alpha value is -2.68. The zero-order chi connectivity index (χ0) is 61.0. The van der Waals surface area contributed by atoms with Crippen LogP contribution >= 0.6 is 0 Å². The van der Waals surface area contributed by atoms with Gasteiger partial charge in [0.05, 0.1) is 53.8 Å². The van der Waals surface area contributed by atoms with Gasteiger partial charge in [0.25, 0.3) is 0 Å². The molecule has 18 heteroatoms. The lowest BCUT2D eigenvalue weighted by molar-refractivity contribution is -0.318. The number of cyclic esters (lactones) is 1. The number of nitrogens with zero attached hydrogens (tertiary/aromatic N) is 3. The number of ether oxygens (including phenoxy) is 8. The van der Waals surface area contributed by atoms with Crippen molar-refractivity contribution in [1.29, 1.82) is 0 Å². The summed E-state index contributed by atoms with van der Waals surface area (Å²) < 4.78 is 52.0. The van der Waals surface area contributed by atoms with Gasteiger partial charge in [0.15, 0.2) is 24.8 Å². The zero-order valence-corrected chi connectivity index (χ0v) is 54.0. The molecule has 1 aliphatic carbocycles. The van der Waals surface area contributed by atoms with Crippen LogP contribution in [0.3, 0.4) is 0 Å². The summed E-state index contributed by atoms with van der Waals surface area (Å²) in [5.41, 5.74) is -4.46. The predicted molar refractivity (Wildman–Crippen MR) is 318 cm³/mol. The van der Waals surface area contributed by atoms with Gasteiger partial charge in [0.1, 0.15) is 23.9 Å². The van der Waals surface area contributed by atoms with E-state index in [1.54, 1.807) is 46.6 Å². The first-order valence-corrected chi connectivity index (χ1v) is 32.2. The topological polar surface area (TPSA) is 214 Å². The molecule has 1 saturated carbocycles. The molecule has 3 heterocycles. The minimum absolute atomic E-state index is 0.0113. The Balaban J connectivity index is 1.75. The highest BCUT2D eigenvalue weighted by molar-refractivity contribution is 5.88. The van der Waals surface area contributed by atoms with Crippen molar-refractivity contribution in [3.8, 4) is 0 Å². The number of hydrogen-bond acceptors (Lipinski definition) is 17. The molecule has 0 radical (unpaired) electrons. The SMILES string of the molecule is CCCCCCCCCCCCCCN(C)C(=O)O[C@H]1C(O[C@@H]2[C@@H](C)[C@H](O[C@H]3C[C@@](C)(OC)[C@@H](OC(C)=O)[C@H](C)O3)[C@@H](C)C(=O)O[C@@H](CC)[C@@](C)(O)[C@H](O)[C@H](C)/C(=N/OCCCC3CCCCC3)[C@H](C)CC2(C)O)O[C@H](C)C[C@@H]1N(C)C. The molecule has 1 amide bonds. The molecule has 4 rings (SSSR count). The van der Waals surface area contributed by atoms with E-state index in [4.69, 9.17) is 47.9 Å². The Labute approximate surface area is 495 Å². The number of amides is 1. The summed E-state index contributed by atoms with van der Waals surface area (Å²) in [5.74, 6) is -4.03. The van der Waals surface area contributed by atoms with Crippen molar-refractivity contribution < 1.29 is 72.4 Å². The lowest BCUT2D eigenvalue weighted by Crippen LogP contribution is -2.62. The lowest BCUT2D eigenvalue weighted by atomic mass is 9.73. The van der Waals surface area contributed by atoms with Gasteiger partial charge in [0, 0.05) is 51.8 Å². The van der Waals surface area contributed by atoms with Crippen LogP contribution in [0, 0.1) is 29.6 Å². The molecule has 4 fully saturated rings. The average molecular weight is 1170 g/mol. The Morgan fingerprint density at radius 1 is 0.756 bits per heavy atom. The van der Waals surface area contributed by atoms with Crippen LogP contribution < -0.4 is 0 Å². The van der Waals surface area contributed by atoms with Crippen LogP contribution in [0.4, 0.5) is 4.79 Å². The molecular formula is C64H117N3O15. The number of rotatable bonds is 27. The van der Waals surface area contributed by atoms with Gasteiger partial charge in [-0.2, -0.15) is 0 Å². The summed E-state index contributed by atoms with van der Waals surface area (Å²) in [4.78, 5) is 51.2. The minimum atomic E-state index is -1.97. The molecule has 18 nitrogen and oxygen atoms in total. The molecule has 478 valence electrons. The normalized spacial score (nSPS) is 37.0. The van der Waals surface area contributed by atoms with Gasteiger partial charge in [0.2, 0.25) is 0 Å². The van der Waals surface area contributed by atoms with Crippen molar-refractivity contribution in [1.82, 2.24) is 9.80 Å². The number of carbonyl (C=O) groups is 3. The van der Waals surface area contributed by atoms with E-state index < -0.39 is 114 Å². The van der Waals surface area contributed by atoms with Crippen LogP contribution in [0.25, 0.3) is 0 Å². The maximum atomic E-state index is 14.9. The molecule has 0 aromatic rings. The number of oxime groups is 1. The quantitative estimate of drug-likeness (QED) is 0.0302. The molecule has 0 aromatic carbocycles. The third-order valence-corrected chi connectivity index (χ3v) is 18.7. The number of aliphatic hydroxyl groups is 3. The maximum Gasteiger partial charge on any atom is 0.410 e. The summed E-state index contributed by atoms with van der Waals surface area (Å²) in [6, 6.07) is -0.361. The maximum absolute atomic E-state index is 14.9. The van der Waals surface area contributed by atoms with Crippen molar-refractivity contribution in [2.75, 3.05) is 41.4 Å². The summed E-state index contributed by atoms with van der Waals surface area (Å²) in [6.07, 6.45) is 12.5. The number of aliphatic hydroxyl groups excluding tert-OH is 1. The second kappa shape index (κ2) is 34.6. The first kappa shape index (κ1) is 71.8. The standard InChI is InChI=1S/C64H117N3O15/c1-17-19-20-21-22-23-24-25-26-27-28-32-37-67(15)61(71)81-55-50(66(13)14)39-43(4)76-60(55)82-57-45(6)54(80-52-41-63(11,74-16)58(47(8)77-52)78-48(9)68)46(7)59(70)79-51(18-2)64(12,73)56(69)44(5)53(42(3)40-62(57,10)72)65-75-38-33-36-49-34-30-29-31-35-49/h42-47,49-52,54-58,60,69,72-73H,17-41H2,1-16H3/b65-53+/t42-,43-,44-,45+,46-,47+,50+,51+,52+,54+,55-,56-,57-,58+,60?,62?,63-,64-/m1/s1. The smallest absolute Gasteiger partial charge is 0.410 e. The van der Waals surface area contributed by atoms with Gasteiger partial charge < -0.3 is 67.9 Å². The monoisotopic (exact) mass is 1170 g/mol. The van der Waals surface area contributed by atoms with Crippen molar-refractivity contribution >= 4 is 23.7 Å². The van der Waals surface area contributed by atoms with Gasteiger partial charge in [-0.25, -0.2) is 4.79 Å². The molecule has 4 aliphatic rings. The Bertz CT molecular complexity index is 1900. The Morgan fingerprint density at radius 2 is 1.37 bits per heavy atom. The summed E-state index contributed by atoms with van der Waals surface area (Å²) in [7, 11) is 7.13. The van der Waals surface area contributed by atoms with Gasteiger partial charge in [-0.1, -0.05) is 143 Å². The largest absolute Gasteiger partial charge is 0.459 e. The fourth-order valence-corrected chi connectivity index (χ4v) is 13.6. The van der Waals surface area contributed by atoms with Crippen LogP contribution in [0.15, 0.2) is 5.16 Å². The van der Waals surface area contributed by atoms with E-state index in [2.05, 4.69) is 6.92 Å². The van der Waals surface area contributed by atoms with Gasteiger partial charge in [-0.05, 0) is 100 Å². The van der Waals surface area contributed by atoms with E-state index in [9.17, 15) is 29.7 Å². The third kappa shape index (κ3) is 21.0. The first-order chi connectivity index (χ1) is 38.7. The second-order valence-corrected chi connectivity index (χ2v) is 26.3. The molecule has 3 N–H and O–H groups in total. The number of hydrogen-bond donors (Lipinski definition) is 3. The third-order valence-electron chi connectivity index (χ3n) is 18.7. The highest BCUT2D eigenvalue weighted by atomic mass is 16.7. The summed E-state index contributed by atoms with van der Waals surface area (Å²) in [5, 5.41) is 42.8. The van der Waals surface area contributed by atoms with Gasteiger partial charge in [-0.15, -0.1) is 0 Å². The van der Waals surface area contributed by atoms with E-state index in [1.165, 1.54) is 111 Å².